The van der Waals surface area contributed by atoms with Crippen molar-refractivity contribution in [2.75, 3.05) is 53.7 Å². The van der Waals surface area contributed by atoms with Gasteiger partial charge in [-0.15, -0.1) is 0 Å². The molecule has 1 amide bonds. The molecule has 1 fully saturated rings. The van der Waals surface area contributed by atoms with E-state index >= 15 is 0 Å². The van der Waals surface area contributed by atoms with Crippen LogP contribution in [0.1, 0.15) is 32.3 Å². The summed E-state index contributed by atoms with van der Waals surface area (Å²) in [4.78, 5) is 14.7. The second-order valence-electron chi connectivity index (χ2n) is 9.24. The maximum absolute atomic E-state index is 13.5. The van der Waals surface area contributed by atoms with E-state index in [2.05, 4.69) is 11.8 Å². The van der Waals surface area contributed by atoms with Crippen LogP contribution in [0.15, 0.2) is 23.1 Å². The molecular formula is C25H36N2O7S. The third-order valence-corrected chi connectivity index (χ3v) is 8.54. The number of ether oxygens (including phenoxy) is 3. The van der Waals surface area contributed by atoms with Crippen molar-refractivity contribution in [3.8, 4) is 17.6 Å². The van der Waals surface area contributed by atoms with Gasteiger partial charge in [0, 0.05) is 57.4 Å². The van der Waals surface area contributed by atoms with Gasteiger partial charge in [-0.1, -0.05) is 18.8 Å². The molecule has 0 spiro atoms. The number of rotatable bonds is 6. The number of carbonyl (C=O) groups excluding carboxylic acids is 1. The minimum absolute atomic E-state index is 0.0189. The molecule has 3 rings (SSSR count). The number of hydrogen-bond acceptors (Lipinski definition) is 7. The van der Waals surface area contributed by atoms with Crippen molar-refractivity contribution in [1.29, 1.82) is 0 Å². The summed E-state index contributed by atoms with van der Waals surface area (Å²) in [5.41, 5.74) is 0.594. The molecule has 3 atom stereocenters. The van der Waals surface area contributed by atoms with Crippen LogP contribution in [0, 0.1) is 23.7 Å². The third-order valence-electron chi connectivity index (χ3n) is 6.52. The molecule has 1 aromatic carbocycles. The highest BCUT2D eigenvalue weighted by molar-refractivity contribution is 7.89. The minimum Gasteiger partial charge on any atom is -0.487 e. The van der Waals surface area contributed by atoms with Gasteiger partial charge in [-0.3, -0.25) is 4.79 Å². The number of nitrogens with zero attached hydrogens (tertiary/aromatic N) is 2. The summed E-state index contributed by atoms with van der Waals surface area (Å²) in [6.07, 6.45) is 0.918. The summed E-state index contributed by atoms with van der Waals surface area (Å²) in [6, 6.07) is 4.12. The third kappa shape index (κ3) is 6.54. The van der Waals surface area contributed by atoms with E-state index in [4.69, 9.17) is 14.2 Å². The zero-order valence-corrected chi connectivity index (χ0v) is 21.7. The molecule has 2 aliphatic heterocycles. The summed E-state index contributed by atoms with van der Waals surface area (Å²) < 4.78 is 45.1. The molecule has 0 saturated carbocycles. The van der Waals surface area contributed by atoms with E-state index in [1.807, 2.05) is 6.92 Å². The molecule has 9 nitrogen and oxygen atoms in total. The Morgan fingerprint density at radius 1 is 1.34 bits per heavy atom. The largest absolute Gasteiger partial charge is 0.487 e. The Balaban J connectivity index is 1.96. The molecule has 1 N–H and O–H groups in total. The topological polar surface area (TPSA) is 106 Å². The second-order valence-corrected chi connectivity index (χ2v) is 11.1. The number of likely N-dealkylation sites (N-methyl/N-ethyl adjacent to an activating group) is 1. The lowest BCUT2D eigenvalue weighted by atomic mass is 9.97. The van der Waals surface area contributed by atoms with E-state index < -0.39 is 22.2 Å². The smallest absolute Gasteiger partial charge is 0.247 e. The lowest BCUT2D eigenvalue weighted by Gasteiger charge is -2.38. The number of sulfonamides is 1. The fraction of sp³-hybridized carbons (Fsp3) is 0.640. The van der Waals surface area contributed by atoms with Gasteiger partial charge in [0.2, 0.25) is 15.9 Å². The van der Waals surface area contributed by atoms with E-state index in [-0.39, 0.29) is 48.1 Å². The van der Waals surface area contributed by atoms with Gasteiger partial charge in [-0.25, -0.2) is 8.42 Å². The monoisotopic (exact) mass is 508 g/mol. The SMILES string of the molecule is COCC#Cc1ccc2c(c1)O[C@@H](CN(C)C(=O)C1CCOCC1)[C@@H](C)CN([C@H](C)CO)S2(=O)=O. The van der Waals surface area contributed by atoms with Crippen LogP contribution < -0.4 is 4.74 Å². The van der Waals surface area contributed by atoms with Crippen molar-refractivity contribution in [3.63, 3.8) is 0 Å². The van der Waals surface area contributed by atoms with Crippen LogP contribution in [0.4, 0.5) is 0 Å². The predicted molar refractivity (Wildman–Crippen MR) is 130 cm³/mol. The summed E-state index contributed by atoms with van der Waals surface area (Å²) in [7, 11) is -0.631. The molecule has 1 aromatic rings. The van der Waals surface area contributed by atoms with Crippen LogP contribution in [0.3, 0.4) is 0 Å². The Bertz CT molecular complexity index is 1040. The fourth-order valence-electron chi connectivity index (χ4n) is 4.35. The Labute approximate surface area is 208 Å². The first-order chi connectivity index (χ1) is 16.7. The normalized spacial score (nSPS) is 23.6. The van der Waals surface area contributed by atoms with Crippen molar-refractivity contribution < 1.29 is 32.5 Å². The van der Waals surface area contributed by atoms with Crippen LogP contribution in [0.5, 0.6) is 5.75 Å². The number of amides is 1. The molecule has 0 aliphatic carbocycles. The molecular weight excluding hydrogens is 472 g/mol. The van der Waals surface area contributed by atoms with Crippen molar-refractivity contribution in [2.45, 2.75) is 43.7 Å². The van der Waals surface area contributed by atoms with Crippen molar-refractivity contribution in [2.24, 2.45) is 11.8 Å². The maximum atomic E-state index is 13.5. The number of benzene rings is 1. The molecule has 0 aromatic heterocycles. The standard InChI is InChI=1S/C25H36N2O7S/c1-18-15-27(19(2)17-28)35(30,31)24-8-7-20(6-5-11-32-4)14-22(24)34-23(18)16-26(3)25(29)21-9-12-33-13-10-21/h7-8,14,18-19,21,23,28H,9-13,15-17H2,1-4H3/t18-,19+,23-/m0/s1. The number of fused-ring (bicyclic) bond motifs is 1. The summed E-state index contributed by atoms with van der Waals surface area (Å²) in [5, 5.41) is 9.78. The van der Waals surface area contributed by atoms with Crippen molar-refractivity contribution in [1.82, 2.24) is 9.21 Å². The molecule has 194 valence electrons. The van der Waals surface area contributed by atoms with E-state index in [1.165, 1.54) is 10.4 Å². The average molecular weight is 509 g/mol. The van der Waals surface area contributed by atoms with Crippen LogP contribution in [-0.2, 0) is 24.3 Å². The van der Waals surface area contributed by atoms with Crippen LogP contribution in [0.25, 0.3) is 0 Å². The highest BCUT2D eigenvalue weighted by atomic mass is 32.2. The molecule has 1 saturated heterocycles. The Morgan fingerprint density at radius 3 is 2.71 bits per heavy atom. The molecule has 0 bridgehead atoms. The molecule has 2 heterocycles. The van der Waals surface area contributed by atoms with Gasteiger partial charge in [-0.05, 0) is 38.0 Å². The fourth-order valence-corrected chi connectivity index (χ4v) is 6.17. The van der Waals surface area contributed by atoms with E-state index in [0.29, 0.717) is 38.2 Å². The van der Waals surface area contributed by atoms with E-state index in [0.717, 1.165) is 0 Å². The summed E-state index contributed by atoms with van der Waals surface area (Å²) in [5.74, 6) is 5.71. The van der Waals surface area contributed by atoms with E-state index in [1.54, 1.807) is 38.1 Å². The first-order valence-corrected chi connectivity index (χ1v) is 13.4. The minimum atomic E-state index is -3.93. The molecule has 35 heavy (non-hydrogen) atoms. The zero-order chi connectivity index (χ0) is 25.6. The Hall–Kier alpha value is -2.16. The quantitative estimate of drug-likeness (QED) is 0.578. The van der Waals surface area contributed by atoms with Gasteiger partial charge < -0.3 is 24.2 Å². The molecule has 2 aliphatic rings. The van der Waals surface area contributed by atoms with Crippen molar-refractivity contribution >= 4 is 15.9 Å². The maximum Gasteiger partial charge on any atom is 0.247 e. The van der Waals surface area contributed by atoms with Gasteiger partial charge in [0.25, 0.3) is 0 Å². The number of hydrogen-bond donors (Lipinski definition) is 1. The number of carbonyl (C=O) groups is 1. The van der Waals surface area contributed by atoms with Crippen LogP contribution in [-0.4, -0.2) is 94.5 Å². The predicted octanol–water partition coefficient (Wildman–Crippen LogP) is 1.34. The molecule has 10 heteroatoms. The van der Waals surface area contributed by atoms with Crippen molar-refractivity contribution in [3.05, 3.63) is 23.8 Å². The summed E-state index contributed by atoms with van der Waals surface area (Å²) in [6.45, 7) is 5.12. The lowest BCUT2D eigenvalue weighted by Crippen LogP contribution is -2.50. The highest BCUT2D eigenvalue weighted by Gasteiger charge is 2.38. The zero-order valence-electron chi connectivity index (χ0n) is 20.9. The van der Waals surface area contributed by atoms with Gasteiger partial charge in [0.05, 0.1) is 13.2 Å². The average Bonchev–Trinajstić information content (AvgIpc) is 2.85. The summed E-state index contributed by atoms with van der Waals surface area (Å²) >= 11 is 0. The lowest BCUT2D eigenvalue weighted by molar-refractivity contribution is -0.138. The van der Waals surface area contributed by atoms with Gasteiger partial charge in [0.1, 0.15) is 23.4 Å². The van der Waals surface area contributed by atoms with Gasteiger partial charge >= 0.3 is 0 Å². The highest BCUT2D eigenvalue weighted by Crippen LogP contribution is 2.34. The van der Waals surface area contributed by atoms with E-state index in [9.17, 15) is 18.3 Å². The first kappa shape index (κ1) is 27.4. The first-order valence-electron chi connectivity index (χ1n) is 11.9. The number of aliphatic hydroxyl groups is 1. The van der Waals surface area contributed by atoms with Crippen LogP contribution >= 0.6 is 0 Å². The molecule has 0 radical (unpaired) electrons. The Morgan fingerprint density at radius 2 is 2.06 bits per heavy atom. The molecule has 0 unspecified atom stereocenters. The number of aliphatic hydroxyl groups excluding tert-OH is 1. The van der Waals surface area contributed by atoms with Gasteiger partial charge in [0.15, 0.2) is 0 Å². The Kier molecular flexibility index (Phi) is 9.55. The van der Waals surface area contributed by atoms with Crippen LogP contribution in [0.2, 0.25) is 0 Å². The van der Waals surface area contributed by atoms with Gasteiger partial charge in [-0.2, -0.15) is 4.31 Å². The number of methoxy groups -OCH3 is 1. The second kappa shape index (κ2) is 12.2.